The van der Waals surface area contributed by atoms with E-state index in [9.17, 15) is 5.11 Å². The zero-order chi connectivity index (χ0) is 13.7. The molecule has 0 amide bonds. The molecule has 0 spiro atoms. The summed E-state index contributed by atoms with van der Waals surface area (Å²) in [6.45, 7) is 6.98. The van der Waals surface area contributed by atoms with Crippen molar-refractivity contribution >= 4 is 11.6 Å². The summed E-state index contributed by atoms with van der Waals surface area (Å²) in [6.07, 6.45) is 4.39. The molecule has 0 aromatic carbocycles. The summed E-state index contributed by atoms with van der Waals surface area (Å²) in [5.74, 6) is 2.46. The fourth-order valence-corrected chi connectivity index (χ4v) is 2.27. The Labute approximate surface area is 115 Å². The summed E-state index contributed by atoms with van der Waals surface area (Å²) >= 11 is 0. The summed E-state index contributed by atoms with van der Waals surface area (Å²) in [7, 11) is 0. The molecular formula is C14H24N4O. The van der Waals surface area contributed by atoms with Crippen LogP contribution in [0.4, 0.5) is 11.6 Å². The molecule has 1 atom stereocenters. The lowest BCUT2D eigenvalue weighted by molar-refractivity contribution is 0.154. The molecule has 1 fully saturated rings. The molecule has 5 nitrogen and oxygen atoms in total. The molecule has 0 saturated carbocycles. The molecule has 1 aliphatic rings. The lowest BCUT2D eigenvalue weighted by Gasteiger charge is -2.31. The van der Waals surface area contributed by atoms with Gasteiger partial charge in [0.05, 0.1) is 6.10 Å². The molecule has 0 bridgehead atoms. The highest BCUT2D eigenvalue weighted by molar-refractivity contribution is 5.48. The number of aromatic nitrogens is 2. The van der Waals surface area contributed by atoms with Gasteiger partial charge in [-0.3, -0.25) is 0 Å². The van der Waals surface area contributed by atoms with Gasteiger partial charge in [0.2, 0.25) is 0 Å². The van der Waals surface area contributed by atoms with Crippen LogP contribution in [0.5, 0.6) is 0 Å². The number of β-amino-alcohol motifs (C(OH)–C–C–N with tert-alkyl or cyclic N) is 1. The van der Waals surface area contributed by atoms with Crippen LogP contribution >= 0.6 is 0 Å². The number of hydrogen-bond acceptors (Lipinski definition) is 5. The fraction of sp³-hybridized carbons (Fsp3) is 0.714. The summed E-state index contributed by atoms with van der Waals surface area (Å²) in [5, 5.41) is 13.0. The standard InChI is InChI=1S/C14H24N4O/c1-11(2)5-6-15-13-8-14(17-10-16-13)18-7-3-4-12(19)9-18/h8,10-12,19H,3-7,9H2,1-2H3,(H,15,16,17). The van der Waals surface area contributed by atoms with Gasteiger partial charge in [0.15, 0.2) is 0 Å². The summed E-state index contributed by atoms with van der Waals surface area (Å²) in [4.78, 5) is 10.7. The van der Waals surface area contributed by atoms with E-state index >= 15 is 0 Å². The number of aliphatic hydroxyl groups excluding tert-OH is 1. The molecular weight excluding hydrogens is 240 g/mol. The molecule has 5 heteroatoms. The monoisotopic (exact) mass is 264 g/mol. The van der Waals surface area contributed by atoms with Gasteiger partial charge in [-0.25, -0.2) is 9.97 Å². The summed E-state index contributed by atoms with van der Waals surface area (Å²) in [6, 6.07) is 1.97. The van der Waals surface area contributed by atoms with Gasteiger partial charge in [0, 0.05) is 25.7 Å². The molecule has 1 aromatic heterocycles. The van der Waals surface area contributed by atoms with Gasteiger partial charge in [-0.1, -0.05) is 13.8 Å². The van der Waals surface area contributed by atoms with Crippen LogP contribution in [0.3, 0.4) is 0 Å². The van der Waals surface area contributed by atoms with E-state index in [2.05, 4.69) is 34.0 Å². The van der Waals surface area contributed by atoms with E-state index in [1.807, 2.05) is 6.07 Å². The van der Waals surface area contributed by atoms with Crippen molar-refractivity contribution < 1.29 is 5.11 Å². The quantitative estimate of drug-likeness (QED) is 0.850. The van der Waals surface area contributed by atoms with Gasteiger partial charge >= 0.3 is 0 Å². The number of aliphatic hydroxyl groups is 1. The lowest BCUT2D eigenvalue weighted by atomic mass is 10.1. The first kappa shape index (κ1) is 14.1. The lowest BCUT2D eigenvalue weighted by Crippen LogP contribution is -2.38. The molecule has 2 N–H and O–H groups in total. The van der Waals surface area contributed by atoms with Crippen molar-refractivity contribution in [2.45, 2.75) is 39.2 Å². The van der Waals surface area contributed by atoms with Crippen molar-refractivity contribution in [1.82, 2.24) is 9.97 Å². The highest BCUT2D eigenvalue weighted by Crippen LogP contribution is 2.19. The number of rotatable bonds is 5. The normalized spacial score (nSPS) is 19.8. The van der Waals surface area contributed by atoms with Crippen molar-refractivity contribution in [3.63, 3.8) is 0 Å². The molecule has 1 saturated heterocycles. The van der Waals surface area contributed by atoms with Gasteiger partial charge < -0.3 is 15.3 Å². The number of anilines is 2. The van der Waals surface area contributed by atoms with E-state index in [0.717, 1.165) is 44.0 Å². The Morgan fingerprint density at radius 3 is 3.05 bits per heavy atom. The second-order valence-corrected chi connectivity index (χ2v) is 5.61. The number of nitrogens with zero attached hydrogens (tertiary/aromatic N) is 3. The van der Waals surface area contributed by atoms with Crippen LogP contribution in [0.2, 0.25) is 0 Å². The van der Waals surface area contributed by atoms with Crippen LogP contribution in [0, 0.1) is 5.92 Å². The maximum absolute atomic E-state index is 9.71. The molecule has 2 rings (SSSR count). The molecule has 1 unspecified atom stereocenters. The van der Waals surface area contributed by atoms with Crippen LogP contribution in [0.1, 0.15) is 33.1 Å². The van der Waals surface area contributed by atoms with Gasteiger partial charge in [0.1, 0.15) is 18.0 Å². The van der Waals surface area contributed by atoms with Gasteiger partial charge in [-0.2, -0.15) is 0 Å². The highest BCUT2D eigenvalue weighted by Gasteiger charge is 2.19. The van der Waals surface area contributed by atoms with Crippen molar-refractivity contribution in [2.24, 2.45) is 5.92 Å². The first-order valence-corrected chi connectivity index (χ1v) is 7.14. The first-order valence-electron chi connectivity index (χ1n) is 7.14. The fourth-order valence-electron chi connectivity index (χ4n) is 2.27. The molecule has 19 heavy (non-hydrogen) atoms. The number of nitrogens with one attached hydrogen (secondary N) is 1. The zero-order valence-corrected chi connectivity index (χ0v) is 11.8. The molecule has 0 aliphatic carbocycles. The second-order valence-electron chi connectivity index (χ2n) is 5.61. The number of hydrogen-bond donors (Lipinski definition) is 2. The van der Waals surface area contributed by atoms with E-state index in [0.29, 0.717) is 12.5 Å². The Hall–Kier alpha value is -1.36. The first-order chi connectivity index (χ1) is 9.15. The third kappa shape index (κ3) is 4.35. The minimum absolute atomic E-state index is 0.235. The van der Waals surface area contributed by atoms with Crippen LogP contribution in [0.25, 0.3) is 0 Å². The molecule has 1 aliphatic heterocycles. The summed E-state index contributed by atoms with van der Waals surface area (Å²) < 4.78 is 0. The van der Waals surface area contributed by atoms with Crippen LogP contribution in [-0.4, -0.2) is 40.8 Å². The van der Waals surface area contributed by atoms with Crippen molar-refractivity contribution in [1.29, 1.82) is 0 Å². The Bertz CT molecular complexity index is 397. The molecule has 0 radical (unpaired) electrons. The van der Waals surface area contributed by atoms with Gasteiger partial charge in [0.25, 0.3) is 0 Å². The average molecular weight is 264 g/mol. The molecule has 2 heterocycles. The third-order valence-electron chi connectivity index (χ3n) is 3.40. The van der Waals surface area contributed by atoms with E-state index in [1.165, 1.54) is 0 Å². The van der Waals surface area contributed by atoms with E-state index in [1.54, 1.807) is 6.33 Å². The maximum atomic E-state index is 9.71. The molecule has 1 aromatic rings. The predicted molar refractivity (Wildman–Crippen MR) is 77.4 cm³/mol. The van der Waals surface area contributed by atoms with Gasteiger partial charge in [-0.05, 0) is 25.2 Å². The van der Waals surface area contributed by atoms with E-state index in [4.69, 9.17) is 0 Å². The SMILES string of the molecule is CC(C)CCNc1cc(N2CCCC(O)C2)ncn1. The third-order valence-corrected chi connectivity index (χ3v) is 3.40. The van der Waals surface area contributed by atoms with Crippen LogP contribution < -0.4 is 10.2 Å². The smallest absolute Gasteiger partial charge is 0.134 e. The Morgan fingerprint density at radius 1 is 1.47 bits per heavy atom. The minimum atomic E-state index is -0.235. The minimum Gasteiger partial charge on any atom is -0.391 e. The van der Waals surface area contributed by atoms with Crippen molar-refractivity contribution in [3.8, 4) is 0 Å². The highest BCUT2D eigenvalue weighted by atomic mass is 16.3. The topological polar surface area (TPSA) is 61.3 Å². The van der Waals surface area contributed by atoms with E-state index in [-0.39, 0.29) is 6.10 Å². The predicted octanol–water partition coefficient (Wildman–Crippen LogP) is 1.90. The van der Waals surface area contributed by atoms with E-state index < -0.39 is 0 Å². The van der Waals surface area contributed by atoms with Crippen molar-refractivity contribution in [2.75, 3.05) is 29.9 Å². The maximum Gasteiger partial charge on any atom is 0.134 e. The largest absolute Gasteiger partial charge is 0.391 e. The summed E-state index contributed by atoms with van der Waals surface area (Å²) in [5.41, 5.74) is 0. The Balaban J connectivity index is 1.94. The number of piperidine rings is 1. The Kier molecular flexibility index (Phi) is 4.96. The average Bonchev–Trinajstić information content (AvgIpc) is 2.39. The van der Waals surface area contributed by atoms with Crippen molar-refractivity contribution in [3.05, 3.63) is 12.4 Å². The zero-order valence-electron chi connectivity index (χ0n) is 11.8. The van der Waals surface area contributed by atoms with Crippen LogP contribution in [0.15, 0.2) is 12.4 Å². The second kappa shape index (κ2) is 6.70. The Morgan fingerprint density at radius 2 is 2.32 bits per heavy atom. The van der Waals surface area contributed by atoms with Crippen LogP contribution in [-0.2, 0) is 0 Å². The van der Waals surface area contributed by atoms with Gasteiger partial charge in [-0.15, -0.1) is 0 Å². The molecule has 106 valence electrons.